The minimum Gasteiger partial charge on any atom is -0.490 e. The number of carbonyl (C=O) groups is 1. The van der Waals surface area contributed by atoms with E-state index in [-0.39, 0.29) is 10.3 Å². The number of carboxylic acid groups (broad SMARTS) is 1. The molecule has 20 heavy (non-hydrogen) atoms. The van der Waals surface area contributed by atoms with E-state index in [1.165, 1.54) is 11.3 Å². The van der Waals surface area contributed by atoms with Crippen molar-refractivity contribution in [1.29, 1.82) is 0 Å². The van der Waals surface area contributed by atoms with Crippen LogP contribution in [0.4, 0.5) is 0 Å². The van der Waals surface area contributed by atoms with Crippen LogP contribution in [0, 0.1) is 0 Å². The summed E-state index contributed by atoms with van der Waals surface area (Å²) in [7, 11) is 0. The Kier molecular flexibility index (Phi) is 4.13. The summed E-state index contributed by atoms with van der Waals surface area (Å²) < 4.78 is 7.51. The van der Waals surface area contributed by atoms with Gasteiger partial charge in [-0.3, -0.25) is 0 Å². The molecule has 2 heterocycles. The second-order valence-corrected chi connectivity index (χ2v) is 6.56. The van der Waals surface area contributed by atoms with Gasteiger partial charge in [-0.25, -0.2) is 9.78 Å². The van der Waals surface area contributed by atoms with E-state index in [2.05, 4.69) is 25.8 Å². The second kappa shape index (κ2) is 5.66. The lowest BCUT2D eigenvalue weighted by Gasteiger charge is -2.15. The number of hydrogen-bond acceptors (Lipinski definition) is 4. The molecule has 0 aliphatic heterocycles. The van der Waals surface area contributed by atoms with Crippen molar-refractivity contribution in [2.45, 2.75) is 32.7 Å². The molecule has 6 heteroatoms. The Labute approximate surface area is 121 Å². The van der Waals surface area contributed by atoms with Crippen LogP contribution in [0.15, 0.2) is 24.8 Å². The zero-order valence-electron chi connectivity index (χ0n) is 11.8. The van der Waals surface area contributed by atoms with Gasteiger partial charge < -0.3 is 14.4 Å². The average molecular weight is 294 g/mol. The van der Waals surface area contributed by atoms with Gasteiger partial charge in [-0.15, -0.1) is 11.3 Å². The standard InChI is InChI=1S/C14H18N2O3S/c1-14(2,3)11-8-10(12(20-11)13(17)18)19-7-6-16-5-4-15-9-16/h4-5,8-9H,6-7H2,1-3H3,(H,17,18). The first-order chi connectivity index (χ1) is 9.38. The van der Waals surface area contributed by atoms with Crippen molar-refractivity contribution in [1.82, 2.24) is 9.55 Å². The van der Waals surface area contributed by atoms with E-state index in [9.17, 15) is 9.90 Å². The highest BCUT2D eigenvalue weighted by atomic mass is 32.1. The Balaban J connectivity index is 2.09. The number of aromatic carboxylic acids is 1. The van der Waals surface area contributed by atoms with Gasteiger partial charge in [0.2, 0.25) is 0 Å². The number of hydrogen-bond donors (Lipinski definition) is 1. The number of rotatable bonds is 5. The molecule has 0 spiro atoms. The normalized spacial score (nSPS) is 11.6. The van der Waals surface area contributed by atoms with Gasteiger partial charge in [0.25, 0.3) is 0 Å². The van der Waals surface area contributed by atoms with Crippen LogP contribution >= 0.6 is 11.3 Å². The monoisotopic (exact) mass is 294 g/mol. The average Bonchev–Trinajstić information content (AvgIpc) is 2.96. The zero-order valence-corrected chi connectivity index (χ0v) is 12.6. The van der Waals surface area contributed by atoms with E-state index in [1.54, 1.807) is 12.5 Å². The molecule has 0 radical (unpaired) electrons. The summed E-state index contributed by atoms with van der Waals surface area (Å²) in [5.41, 5.74) is -0.0825. The minimum absolute atomic E-state index is 0.0825. The van der Waals surface area contributed by atoms with E-state index in [4.69, 9.17) is 4.74 Å². The minimum atomic E-state index is -0.942. The van der Waals surface area contributed by atoms with Crippen LogP contribution in [-0.2, 0) is 12.0 Å². The molecule has 2 rings (SSSR count). The van der Waals surface area contributed by atoms with Gasteiger partial charge in [0.1, 0.15) is 12.4 Å². The summed E-state index contributed by atoms with van der Waals surface area (Å²) in [6.07, 6.45) is 5.25. The first kappa shape index (κ1) is 14.6. The largest absolute Gasteiger partial charge is 0.490 e. The molecule has 0 atom stereocenters. The third-order valence-corrected chi connectivity index (χ3v) is 4.33. The van der Waals surface area contributed by atoms with Gasteiger partial charge in [-0.05, 0) is 11.5 Å². The van der Waals surface area contributed by atoms with Crippen molar-refractivity contribution in [3.05, 3.63) is 34.5 Å². The molecule has 0 aromatic carbocycles. The quantitative estimate of drug-likeness (QED) is 0.920. The first-order valence-electron chi connectivity index (χ1n) is 6.34. The molecule has 0 unspecified atom stereocenters. The molecule has 1 N–H and O–H groups in total. The van der Waals surface area contributed by atoms with E-state index in [1.807, 2.05) is 16.8 Å². The van der Waals surface area contributed by atoms with Crippen molar-refractivity contribution in [2.75, 3.05) is 6.61 Å². The Hall–Kier alpha value is -1.82. The van der Waals surface area contributed by atoms with Crippen LogP contribution in [0.3, 0.4) is 0 Å². The molecule has 0 amide bonds. The number of aromatic nitrogens is 2. The number of ether oxygens (including phenoxy) is 1. The highest BCUT2D eigenvalue weighted by molar-refractivity contribution is 7.14. The Morgan fingerprint density at radius 2 is 2.25 bits per heavy atom. The fourth-order valence-corrected chi connectivity index (χ4v) is 2.68. The van der Waals surface area contributed by atoms with Gasteiger partial charge in [0.15, 0.2) is 4.88 Å². The van der Waals surface area contributed by atoms with E-state index in [0.717, 1.165) is 4.88 Å². The molecular formula is C14H18N2O3S. The fourth-order valence-electron chi connectivity index (χ4n) is 1.68. The van der Waals surface area contributed by atoms with Gasteiger partial charge in [0.05, 0.1) is 12.9 Å². The van der Waals surface area contributed by atoms with Gasteiger partial charge in [-0.2, -0.15) is 0 Å². The molecule has 0 fully saturated rings. The molecule has 0 bridgehead atoms. The maximum Gasteiger partial charge on any atom is 0.349 e. The summed E-state index contributed by atoms with van der Waals surface area (Å²) in [5.74, 6) is -0.490. The number of thiophene rings is 1. The Morgan fingerprint density at radius 3 is 2.80 bits per heavy atom. The van der Waals surface area contributed by atoms with Crippen LogP contribution in [0.5, 0.6) is 5.75 Å². The summed E-state index contributed by atoms with van der Waals surface area (Å²) in [6.45, 7) is 7.22. The number of nitrogens with zero attached hydrogens (tertiary/aromatic N) is 2. The van der Waals surface area contributed by atoms with Crippen LogP contribution in [-0.4, -0.2) is 27.2 Å². The predicted molar refractivity (Wildman–Crippen MR) is 77.7 cm³/mol. The van der Waals surface area contributed by atoms with Gasteiger partial charge in [0, 0.05) is 17.3 Å². The summed E-state index contributed by atoms with van der Waals surface area (Å²) >= 11 is 1.28. The van der Waals surface area contributed by atoms with E-state index < -0.39 is 5.97 Å². The lowest BCUT2D eigenvalue weighted by molar-refractivity contribution is 0.0698. The molecule has 0 aliphatic rings. The van der Waals surface area contributed by atoms with E-state index in [0.29, 0.717) is 18.9 Å². The summed E-state index contributed by atoms with van der Waals surface area (Å²) in [4.78, 5) is 16.5. The lowest BCUT2D eigenvalue weighted by Crippen LogP contribution is -2.08. The van der Waals surface area contributed by atoms with Crippen molar-refractivity contribution < 1.29 is 14.6 Å². The molecule has 108 valence electrons. The highest BCUT2D eigenvalue weighted by Crippen LogP contribution is 2.36. The molecular weight excluding hydrogens is 276 g/mol. The molecule has 0 aliphatic carbocycles. The van der Waals surface area contributed by atoms with Gasteiger partial charge in [-0.1, -0.05) is 20.8 Å². The smallest absolute Gasteiger partial charge is 0.349 e. The first-order valence-corrected chi connectivity index (χ1v) is 7.15. The van der Waals surface area contributed by atoms with Crippen molar-refractivity contribution in [3.8, 4) is 5.75 Å². The van der Waals surface area contributed by atoms with Gasteiger partial charge >= 0.3 is 5.97 Å². The van der Waals surface area contributed by atoms with Crippen LogP contribution in [0.25, 0.3) is 0 Å². The highest BCUT2D eigenvalue weighted by Gasteiger charge is 2.23. The summed E-state index contributed by atoms with van der Waals surface area (Å²) in [6, 6.07) is 1.84. The number of imidazole rings is 1. The zero-order chi connectivity index (χ0) is 14.8. The predicted octanol–water partition coefficient (Wildman–Crippen LogP) is 3.02. The maximum absolute atomic E-state index is 11.3. The summed E-state index contributed by atoms with van der Waals surface area (Å²) in [5, 5.41) is 9.24. The Bertz CT molecular complexity index is 582. The third kappa shape index (κ3) is 3.39. The maximum atomic E-state index is 11.3. The lowest BCUT2D eigenvalue weighted by atomic mass is 9.95. The molecule has 2 aromatic rings. The molecule has 2 aromatic heterocycles. The van der Waals surface area contributed by atoms with Crippen molar-refractivity contribution >= 4 is 17.3 Å². The van der Waals surface area contributed by atoms with Crippen LogP contribution in [0.2, 0.25) is 0 Å². The molecule has 0 saturated carbocycles. The Morgan fingerprint density at radius 1 is 1.50 bits per heavy atom. The molecule has 5 nitrogen and oxygen atoms in total. The molecule has 0 saturated heterocycles. The van der Waals surface area contributed by atoms with Crippen LogP contribution < -0.4 is 4.74 Å². The van der Waals surface area contributed by atoms with Crippen molar-refractivity contribution in [3.63, 3.8) is 0 Å². The third-order valence-electron chi connectivity index (χ3n) is 2.80. The van der Waals surface area contributed by atoms with Crippen molar-refractivity contribution in [2.24, 2.45) is 0 Å². The fraction of sp³-hybridized carbons (Fsp3) is 0.429. The second-order valence-electron chi connectivity index (χ2n) is 5.51. The topological polar surface area (TPSA) is 64.4 Å². The number of carboxylic acids is 1. The SMILES string of the molecule is CC(C)(C)c1cc(OCCn2ccnc2)c(C(=O)O)s1. The van der Waals surface area contributed by atoms with E-state index >= 15 is 0 Å². The van der Waals surface area contributed by atoms with Crippen LogP contribution in [0.1, 0.15) is 35.3 Å².